The average molecular weight is 380 g/mol. The number of ether oxygens (including phenoxy) is 1. The number of likely N-dealkylation sites (tertiary alicyclic amines) is 1. The second-order valence-electron chi connectivity index (χ2n) is 7.22. The summed E-state index contributed by atoms with van der Waals surface area (Å²) in [6, 6.07) is 19.4. The van der Waals surface area contributed by atoms with Crippen molar-refractivity contribution >= 4 is 11.8 Å². The number of carbonyl (C=O) groups excluding carboxylic acids is 2. The minimum Gasteiger partial charge on any atom is -0.484 e. The number of benzene rings is 2. The van der Waals surface area contributed by atoms with Gasteiger partial charge in [0.15, 0.2) is 6.61 Å². The Bertz CT molecular complexity index is 741. The third-order valence-corrected chi connectivity index (χ3v) is 5.14. The van der Waals surface area contributed by atoms with Gasteiger partial charge in [-0.05, 0) is 42.9 Å². The van der Waals surface area contributed by atoms with Crippen LogP contribution in [0.4, 0.5) is 0 Å². The maximum Gasteiger partial charge on any atom is 0.260 e. The van der Waals surface area contributed by atoms with Gasteiger partial charge in [0.25, 0.3) is 5.91 Å². The summed E-state index contributed by atoms with van der Waals surface area (Å²) >= 11 is 0. The minimum atomic E-state index is 0.0224. The number of hydrogen-bond acceptors (Lipinski definition) is 3. The van der Waals surface area contributed by atoms with Crippen molar-refractivity contribution in [2.24, 2.45) is 5.92 Å². The molecule has 2 aromatic carbocycles. The first kappa shape index (κ1) is 19.9. The van der Waals surface area contributed by atoms with E-state index in [2.05, 4.69) is 5.32 Å². The molecule has 0 bridgehead atoms. The number of hydrogen-bond donors (Lipinski definition) is 1. The zero-order valence-corrected chi connectivity index (χ0v) is 16.2. The van der Waals surface area contributed by atoms with Crippen LogP contribution in [0.25, 0.3) is 0 Å². The van der Waals surface area contributed by atoms with E-state index in [-0.39, 0.29) is 18.4 Å². The lowest BCUT2D eigenvalue weighted by Crippen LogP contribution is -2.43. The monoisotopic (exact) mass is 380 g/mol. The van der Waals surface area contributed by atoms with Crippen LogP contribution in [0.3, 0.4) is 0 Å². The summed E-state index contributed by atoms with van der Waals surface area (Å²) in [7, 11) is 0. The standard InChI is InChI=1S/C23H28N2O3/c26-22(12-11-19-7-3-1-4-8-19)24-17-20-13-15-25(16-14-20)23(27)18-28-21-9-5-2-6-10-21/h1-10,20H,11-18H2,(H,24,26). The predicted octanol–water partition coefficient (Wildman–Crippen LogP) is 3.05. The maximum absolute atomic E-state index is 12.3. The molecule has 0 unspecified atom stereocenters. The first-order valence-electron chi connectivity index (χ1n) is 9.97. The van der Waals surface area contributed by atoms with E-state index in [0.29, 0.717) is 24.6 Å². The van der Waals surface area contributed by atoms with Crippen LogP contribution in [-0.2, 0) is 16.0 Å². The molecule has 148 valence electrons. The molecule has 0 saturated carbocycles. The number of para-hydroxylation sites is 1. The van der Waals surface area contributed by atoms with Crippen LogP contribution in [0.5, 0.6) is 5.75 Å². The number of carbonyl (C=O) groups is 2. The number of nitrogens with one attached hydrogen (secondary N) is 1. The zero-order valence-electron chi connectivity index (χ0n) is 16.2. The molecule has 0 spiro atoms. The highest BCUT2D eigenvalue weighted by Gasteiger charge is 2.23. The maximum atomic E-state index is 12.3. The highest BCUT2D eigenvalue weighted by molar-refractivity contribution is 5.78. The van der Waals surface area contributed by atoms with Gasteiger partial charge in [-0.2, -0.15) is 0 Å². The largest absolute Gasteiger partial charge is 0.484 e. The fourth-order valence-corrected chi connectivity index (χ4v) is 3.39. The molecule has 1 heterocycles. The molecule has 5 heteroatoms. The quantitative estimate of drug-likeness (QED) is 0.766. The van der Waals surface area contributed by atoms with E-state index >= 15 is 0 Å². The highest BCUT2D eigenvalue weighted by atomic mass is 16.5. The lowest BCUT2D eigenvalue weighted by Gasteiger charge is -2.32. The predicted molar refractivity (Wildman–Crippen MR) is 109 cm³/mol. The van der Waals surface area contributed by atoms with Crippen LogP contribution in [0.2, 0.25) is 0 Å². The van der Waals surface area contributed by atoms with Gasteiger partial charge in [-0.1, -0.05) is 48.5 Å². The Morgan fingerprint density at radius 1 is 0.964 bits per heavy atom. The van der Waals surface area contributed by atoms with E-state index in [1.807, 2.05) is 65.6 Å². The highest BCUT2D eigenvalue weighted by Crippen LogP contribution is 2.17. The van der Waals surface area contributed by atoms with Gasteiger partial charge in [0.05, 0.1) is 0 Å². The molecule has 0 aromatic heterocycles. The van der Waals surface area contributed by atoms with Gasteiger partial charge in [0.1, 0.15) is 5.75 Å². The van der Waals surface area contributed by atoms with Crippen LogP contribution in [0.15, 0.2) is 60.7 Å². The Hall–Kier alpha value is -2.82. The van der Waals surface area contributed by atoms with Crippen LogP contribution in [-0.4, -0.2) is 43.0 Å². The molecule has 2 amide bonds. The first-order valence-corrected chi connectivity index (χ1v) is 9.97. The van der Waals surface area contributed by atoms with Crippen molar-refractivity contribution in [3.63, 3.8) is 0 Å². The normalized spacial score (nSPS) is 14.5. The molecular formula is C23H28N2O3. The van der Waals surface area contributed by atoms with Crippen LogP contribution in [0.1, 0.15) is 24.8 Å². The summed E-state index contributed by atoms with van der Waals surface area (Å²) in [6.07, 6.45) is 3.10. The van der Waals surface area contributed by atoms with Crippen molar-refractivity contribution in [1.29, 1.82) is 0 Å². The summed E-state index contributed by atoms with van der Waals surface area (Å²) in [5, 5.41) is 3.05. The number of nitrogens with zero attached hydrogens (tertiary/aromatic N) is 1. The van der Waals surface area contributed by atoms with Crippen molar-refractivity contribution < 1.29 is 14.3 Å². The van der Waals surface area contributed by atoms with E-state index in [1.54, 1.807) is 0 Å². The van der Waals surface area contributed by atoms with Crippen LogP contribution >= 0.6 is 0 Å². The molecule has 5 nitrogen and oxygen atoms in total. The summed E-state index contributed by atoms with van der Waals surface area (Å²) in [6.45, 7) is 2.21. The Morgan fingerprint density at radius 3 is 2.29 bits per heavy atom. The molecule has 1 fully saturated rings. The third kappa shape index (κ3) is 6.41. The van der Waals surface area contributed by atoms with E-state index in [4.69, 9.17) is 4.74 Å². The molecule has 0 radical (unpaired) electrons. The molecule has 0 atom stereocenters. The summed E-state index contributed by atoms with van der Waals surface area (Å²) in [5.74, 6) is 1.26. The molecule has 3 rings (SSSR count). The molecule has 1 aliphatic heterocycles. The summed E-state index contributed by atoms with van der Waals surface area (Å²) < 4.78 is 5.54. The van der Waals surface area contributed by atoms with Gasteiger partial charge >= 0.3 is 0 Å². The fraction of sp³-hybridized carbons (Fsp3) is 0.391. The van der Waals surface area contributed by atoms with Gasteiger partial charge in [-0.15, -0.1) is 0 Å². The second-order valence-corrected chi connectivity index (χ2v) is 7.22. The third-order valence-electron chi connectivity index (χ3n) is 5.14. The smallest absolute Gasteiger partial charge is 0.260 e. The number of aryl methyl sites for hydroxylation is 1. The van der Waals surface area contributed by atoms with Crippen molar-refractivity contribution in [2.75, 3.05) is 26.2 Å². The van der Waals surface area contributed by atoms with Gasteiger partial charge in [0.2, 0.25) is 5.91 Å². The topological polar surface area (TPSA) is 58.6 Å². The summed E-state index contributed by atoms with van der Waals surface area (Å²) in [4.78, 5) is 26.2. The second kappa shape index (κ2) is 10.5. The minimum absolute atomic E-state index is 0.0224. The lowest BCUT2D eigenvalue weighted by atomic mass is 9.96. The molecule has 0 aliphatic carbocycles. The Morgan fingerprint density at radius 2 is 1.61 bits per heavy atom. The average Bonchev–Trinajstić information content (AvgIpc) is 2.76. The summed E-state index contributed by atoms with van der Waals surface area (Å²) in [5.41, 5.74) is 1.18. The molecule has 2 aromatic rings. The lowest BCUT2D eigenvalue weighted by molar-refractivity contribution is -0.135. The Kier molecular flexibility index (Phi) is 7.47. The van der Waals surface area contributed by atoms with Gasteiger partial charge in [-0.25, -0.2) is 0 Å². The Balaban J connectivity index is 1.30. The first-order chi connectivity index (χ1) is 13.7. The van der Waals surface area contributed by atoms with Gasteiger partial charge in [0, 0.05) is 26.1 Å². The van der Waals surface area contributed by atoms with E-state index in [9.17, 15) is 9.59 Å². The van der Waals surface area contributed by atoms with Crippen LogP contribution < -0.4 is 10.1 Å². The molecule has 28 heavy (non-hydrogen) atoms. The number of rotatable bonds is 8. The van der Waals surface area contributed by atoms with Crippen molar-refractivity contribution in [3.05, 3.63) is 66.2 Å². The van der Waals surface area contributed by atoms with Crippen molar-refractivity contribution in [2.45, 2.75) is 25.7 Å². The van der Waals surface area contributed by atoms with E-state index in [0.717, 1.165) is 32.4 Å². The molecule has 1 aliphatic rings. The van der Waals surface area contributed by atoms with Crippen LogP contribution in [0, 0.1) is 5.92 Å². The molecular weight excluding hydrogens is 352 g/mol. The van der Waals surface area contributed by atoms with Crippen molar-refractivity contribution in [3.8, 4) is 5.75 Å². The number of piperidine rings is 1. The SMILES string of the molecule is O=C(CCc1ccccc1)NCC1CCN(C(=O)COc2ccccc2)CC1. The Labute approximate surface area is 166 Å². The molecule has 1 saturated heterocycles. The zero-order chi connectivity index (χ0) is 19.6. The molecule has 1 N–H and O–H groups in total. The number of amides is 2. The van der Waals surface area contributed by atoms with E-state index in [1.165, 1.54) is 5.56 Å². The van der Waals surface area contributed by atoms with Gasteiger partial charge < -0.3 is 15.0 Å². The van der Waals surface area contributed by atoms with E-state index < -0.39 is 0 Å². The fourth-order valence-electron chi connectivity index (χ4n) is 3.39. The van der Waals surface area contributed by atoms with Gasteiger partial charge in [-0.3, -0.25) is 9.59 Å². The van der Waals surface area contributed by atoms with Crippen molar-refractivity contribution in [1.82, 2.24) is 10.2 Å².